The fourth-order valence-corrected chi connectivity index (χ4v) is 1.75. The molecule has 0 aromatic heterocycles. The topological polar surface area (TPSA) is 40.5 Å². The largest absolute Gasteiger partial charge is 0.481 e. The maximum Gasteiger partial charge on any atom is 0.309 e. The highest BCUT2D eigenvalue weighted by Crippen LogP contribution is 2.23. The summed E-state index contributed by atoms with van der Waals surface area (Å²) in [6.07, 6.45) is 0.643. The van der Waals surface area contributed by atoms with Gasteiger partial charge in [0.25, 0.3) is 0 Å². The first-order valence-corrected chi connectivity index (χ1v) is 6.42. The van der Waals surface area contributed by atoms with Crippen molar-refractivity contribution in [2.45, 2.75) is 34.1 Å². The molecule has 1 aromatic carbocycles. The van der Waals surface area contributed by atoms with Crippen LogP contribution in [0.3, 0.4) is 0 Å². The van der Waals surface area contributed by atoms with Crippen molar-refractivity contribution in [3.8, 4) is 0 Å². The van der Waals surface area contributed by atoms with Crippen molar-refractivity contribution in [2.24, 2.45) is 5.41 Å². The molecule has 1 aromatic rings. The van der Waals surface area contributed by atoms with Gasteiger partial charge in [0.05, 0.1) is 5.41 Å². The van der Waals surface area contributed by atoms with E-state index in [1.807, 2.05) is 0 Å². The van der Waals surface area contributed by atoms with E-state index in [0.717, 1.165) is 18.8 Å². The lowest BCUT2D eigenvalue weighted by Crippen LogP contribution is -2.32. The van der Waals surface area contributed by atoms with Crippen molar-refractivity contribution < 1.29 is 9.90 Å². The molecule has 0 saturated heterocycles. The molecule has 0 atom stereocenters. The van der Waals surface area contributed by atoms with Gasteiger partial charge in [0, 0.05) is 18.8 Å². The molecule has 1 N–H and O–H groups in total. The zero-order chi connectivity index (χ0) is 13.8. The number of anilines is 1. The van der Waals surface area contributed by atoms with Crippen molar-refractivity contribution in [1.29, 1.82) is 0 Å². The molecule has 100 valence electrons. The number of carbonyl (C=O) groups is 1. The van der Waals surface area contributed by atoms with Crippen LogP contribution in [0, 0.1) is 12.3 Å². The first-order chi connectivity index (χ1) is 8.36. The molecule has 0 bridgehead atoms. The zero-order valence-electron chi connectivity index (χ0n) is 11.7. The Morgan fingerprint density at radius 3 is 2.28 bits per heavy atom. The van der Waals surface area contributed by atoms with E-state index in [1.54, 1.807) is 13.8 Å². The van der Waals surface area contributed by atoms with Crippen LogP contribution in [0.1, 0.15) is 32.8 Å². The molecule has 1 rings (SSSR count). The third-order valence-electron chi connectivity index (χ3n) is 3.37. The highest BCUT2D eigenvalue weighted by Gasteiger charge is 2.27. The Bertz CT molecular complexity index is 395. The number of benzene rings is 1. The van der Waals surface area contributed by atoms with Gasteiger partial charge < -0.3 is 10.0 Å². The number of aliphatic carboxylic acids is 1. The maximum atomic E-state index is 11.1. The summed E-state index contributed by atoms with van der Waals surface area (Å²) in [5, 5.41) is 9.12. The van der Waals surface area contributed by atoms with Gasteiger partial charge in [0.1, 0.15) is 0 Å². The van der Waals surface area contributed by atoms with Gasteiger partial charge in [-0.25, -0.2) is 0 Å². The molecule has 18 heavy (non-hydrogen) atoms. The lowest BCUT2D eigenvalue weighted by atomic mass is 9.89. The van der Waals surface area contributed by atoms with E-state index in [4.69, 9.17) is 5.11 Å². The van der Waals surface area contributed by atoms with Crippen molar-refractivity contribution in [2.75, 3.05) is 18.0 Å². The summed E-state index contributed by atoms with van der Waals surface area (Å²) in [6, 6.07) is 8.35. The summed E-state index contributed by atoms with van der Waals surface area (Å²) in [4.78, 5) is 13.3. The van der Waals surface area contributed by atoms with Crippen LogP contribution >= 0.6 is 0 Å². The van der Waals surface area contributed by atoms with Crippen LogP contribution < -0.4 is 4.90 Å². The van der Waals surface area contributed by atoms with Crippen LogP contribution in [0.2, 0.25) is 0 Å². The maximum absolute atomic E-state index is 11.1. The van der Waals surface area contributed by atoms with E-state index in [1.165, 1.54) is 5.56 Å². The Kier molecular flexibility index (Phi) is 4.76. The number of rotatable bonds is 6. The molecule has 3 nitrogen and oxygen atoms in total. The van der Waals surface area contributed by atoms with Crippen molar-refractivity contribution in [3.05, 3.63) is 29.8 Å². The average molecular weight is 249 g/mol. The van der Waals surface area contributed by atoms with Crippen LogP contribution in [0.4, 0.5) is 5.69 Å². The second-order valence-electron chi connectivity index (χ2n) is 5.35. The van der Waals surface area contributed by atoms with Crippen molar-refractivity contribution in [3.63, 3.8) is 0 Å². The van der Waals surface area contributed by atoms with E-state index in [9.17, 15) is 4.79 Å². The Morgan fingerprint density at radius 2 is 1.83 bits per heavy atom. The Balaban J connectivity index is 2.68. The van der Waals surface area contributed by atoms with Gasteiger partial charge >= 0.3 is 5.97 Å². The molecule has 0 saturated carbocycles. The molecule has 0 heterocycles. The second-order valence-corrected chi connectivity index (χ2v) is 5.35. The average Bonchev–Trinajstić information content (AvgIpc) is 2.31. The van der Waals surface area contributed by atoms with Crippen molar-refractivity contribution >= 4 is 11.7 Å². The summed E-state index contributed by atoms with van der Waals surface area (Å²) in [5.74, 6) is -0.734. The highest BCUT2D eigenvalue weighted by molar-refractivity contribution is 5.73. The van der Waals surface area contributed by atoms with E-state index in [0.29, 0.717) is 6.42 Å². The SMILES string of the molecule is CCN(CCC(C)(C)C(=O)O)c1ccc(C)cc1. The standard InChI is InChI=1S/C15H23NO2/c1-5-16(11-10-15(3,4)14(17)18)13-8-6-12(2)7-9-13/h6-9H,5,10-11H2,1-4H3,(H,17,18). The Labute approximate surface area is 109 Å². The van der Waals surface area contributed by atoms with Gasteiger partial charge in [-0.05, 0) is 46.2 Å². The summed E-state index contributed by atoms with van der Waals surface area (Å²) < 4.78 is 0. The number of nitrogens with zero attached hydrogens (tertiary/aromatic N) is 1. The van der Waals surface area contributed by atoms with E-state index < -0.39 is 11.4 Å². The molecule has 0 aliphatic rings. The monoisotopic (exact) mass is 249 g/mol. The summed E-state index contributed by atoms with van der Waals surface area (Å²) in [5.41, 5.74) is 1.72. The first kappa shape index (κ1) is 14.6. The number of hydrogen-bond donors (Lipinski definition) is 1. The minimum absolute atomic E-state index is 0.643. The van der Waals surface area contributed by atoms with Gasteiger partial charge in [-0.15, -0.1) is 0 Å². The van der Waals surface area contributed by atoms with Crippen LogP contribution in [0.15, 0.2) is 24.3 Å². The Morgan fingerprint density at radius 1 is 1.28 bits per heavy atom. The lowest BCUT2D eigenvalue weighted by Gasteiger charge is -2.27. The van der Waals surface area contributed by atoms with Crippen LogP contribution in [0.25, 0.3) is 0 Å². The summed E-state index contributed by atoms with van der Waals surface area (Å²) >= 11 is 0. The molecule has 0 unspecified atom stereocenters. The van der Waals surface area contributed by atoms with Gasteiger partial charge in [0.2, 0.25) is 0 Å². The number of aryl methyl sites for hydroxylation is 1. The zero-order valence-corrected chi connectivity index (χ0v) is 11.7. The number of hydrogen-bond acceptors (Lipinski definition) is 2. The highest BCUT2D eigenvalue weighted by atomic mass is 16.4. The normalized spacial score (nSPS) is 11.3. The quantitative estimate of drug-likeness (QED) is 0.840. The number of carboxylic acid groups (broad SMARTS) is 1. The third-order valence-corrected chi connectivity index (χ3v) is 3.37. The summed E-state index contributed by atoms with van der Waals surface area (Å²) in [7, 11) is 0. The van der Waals surface area contributed by atoms with Crippen molar-refractivity contribution in [1.82, 2.24) is 0 Å². The smallest absolute Gasteiger partial charge is 0.309 e. The second kappa shape index (κ2) is 5.89. The molecule has 0 radical (unpaired) electrons. The van der Waals surface area contributed by atoms with Gasteiger partial charge in [0.15, 0.2) is 0 Å². The van der Waals surface area contributed by atoms with Crippen LogP contribution in [-0.4, -0.2) is 24.2 Å². The van der Waals surface area contributed by atoms with Crippen LogP contribution in [-0.2, 0) is 4.79 Å². The molecule has 0 spiro atoms. The van der Waals surface area contributed by atoms with E-state index in [-0.39, 0.29) is 0 Å². The van der Waals surface area contributed by atoms with E-state index >= 15 is 0 Å². The van der Waals surface area contributed by atoms with Gasteiger partial charge in [-0.1, -0.05) is 17.7 Å². The lowest BCUT2D eigenvalue weighted by molar-refractivity contribution is -0.147. The predicted molar refractivity (Wildman–Crippen MR) is 75.1 cm³/mol. The fourth-order valence-electron chi connectivity index (χ4n) is 1.75. The fraction of sp³-hybridized carbons (Fsp3) is 0.533. The van der Waals surface area contributed by atoms with Gasteiger partial charge in [-0.3, -0.25) is 4.79 Å². The minimum Gasteiger partial charge on any atom is -0.481 e. The molecule has 0 amide bonds. The first-order valence-electron chi connectivity index (χ1n) is 6.42. The molecular weight excluding hydrogens is 226 g/mol. The number of carboxylic acids is 1. The molecule has 0 fully saturated rings. The Hall–Kier alpha value is -1.51. The molecular formula is C15H23NO2. The molecule has 3 heteroatoms. The van der Waals surface area contributed by atoms with Gasteiger partial charge in [-0.2, -0.15) is 0 Å². The third kappa shape index (κ3) is 3.76. The minimum atomic E-state index is -0.734. The van der Waals surface area contributed by atoms with E-state index in [2.05, 4.69) is 43.0 Å². The molecule has 0 aliphatic carbocycles. The summed E-state index contributed by atoms with van der Waals surface area (Å²) in [6.45, 7) is 9.36. The predicted octanol–water partition coefficient (Wildman–Crippen LogP) is 3.32. The molecule has 0 aliphatic heterocycles. The van der Waals surface area contributed by atoms with Crippen LogP contribution in [0.5, 0.6) is 0 Å².